The van der Waals surface area contributed by atoms with Gasteiger partial charge in [-0.25, -0.2) is 9.37 Å². The molecule has 5 aromatic rings. The minimum Gasteiger partial charge on any atom is -0.496 e. The molecule has 7 nitrogen and oxygen atoms in total. The number of methoxy groups -OCH3 is 1. The Labute approximate surface area is 264 Å². The number of benzene rings is 4. The first kappa shape index (κ1) is 30.9. The molecular formula is C35H33BrFN3O4. The molecule has 0 saturated carbocycles. The van der Waals surface area contributed by atoms with Crippen molar-refractivity contribution >= 4 is 33.0 Å². The van der Waals surface area contributed by atoms with Crippen LogP contribution >= 0.6 is 15.9 Å². The van der Waals surface area contributed by atoms with Crippen molar-refractivity contribution in [1.29, 1.82) is 0 Å². The van der Waals surface area contributed by atoms with E-state index in [0.29, 0.717) is 50.4 Å². The maximum atomic E-state index is 13.9. The standard InChI is InChI=1S/C35H33BrFN3O4/c1-6-43-32-16-24(29(36)18-33(32)44-20-23-10-9-11-25(37)15-23)19-38-40-34(39-30-13-8-7-12-26(30)35(40)41)28-17-27(21(2)3)31(42-5)14-22(28)4/h7-19,21H,6,20H2,1-5H3. The third-order valence-electron chi connectivity index (χ3n) is 7.15. The number of fused-ring (bicyclic) bond motifs is 1. The highest BCUT2D eigenvalue weighted by Crippen LogP contribution is 2.35. The SMILES string of the molecule is CCOc1cc(C=Nn2c(-c3cc(C(C)C)c(OC)cc3C)nc3ccccc3c2=O)c(Br)cc1OCc1cccc(F)c1. The maximum absolute atomic E-state index is 13.9. The molecule has 0 atom stereocenters. The zero-order valence-corrected chi connectivity index (χ0v) is 26.8. The topological polar surface area (TPSA) is 74.9 Å². The van der Waals surface area contributed by atoms with Gasteiger partial charge < -0.3 is 14.2 Å². The Kier molecular flexibility index (Phi) is 9.44. The summed E-state index contributed by atoms with van der Waals surface area (Å²) < 4.78 is 33.2. The molecule has 0 fully saturated rings. The van der Waals surface area contributed by atoms with Gasteiger partial charge in [-0.3, -0.25) is 4.79 Å². The second kappa shape index (κ2) is 13.4. The number of rotatable bonds is 10. The first-order valence-electron chi connectivity index (χ1n) is 14.3. The van der Waals surface area contributed by atoms with Crippen LogP contribution in [-0.2, 0) is 6.61 Å². The zero-order chi connectivity index (χ0) is 31.4. The summed E-state index contributed by atoms with van der Waals surface area (Å²) in [5.41, 5.74) is 4.33. The Balaban J connectivity index is 1.60. The number of ether oxygens (including phenoxy) is 3. The molecule has 1 aromatic heterocycles. The van der Waals surface area contributed by atoms with Gasteiger partial charge in [-0.2, -0.15) is 9.78 Å². The van der Waals surface area contributed by atoms with E-state index >= 15 is 0 Å². The highest BCUT2D eigenvalue weighted by molar-refractivity contribution is 9.10. The van der Waals surface area contributed by atoms with Gasteiger partial charge in [0.05, 0.1) is 30.8 Å². The van der Waals surface area contributed by atoms with E-state index in [9.17, 15) is 9.18 Å². The smallest absolute Gasteiger partial charge is 0.282 e. The number of aromatic nitrogens is 2. The van der Waals surface area contributed by atoms with Gasteiger partial charge in [0, 0.05) is 15.6 Å². The number of para-hydroxylation sites is 1. The van der Waals surface area contributed by atoms with Crippen molar-refractivity contribution in [3.8, 4) is 28.6 Å². The normalized spacial score (nSPS) is 11.5. The maximum Gasteiger partial charge on any atom is 0.282 e. The summed E-state index contributed by atoms with van der Waals surface area (Å²) in [5, 5.41) is 5.13. The first-order chi connectivity index (χ1) is 21.2. The molecule has 1 heterocycles. The third-order valence-corrected chi connectivity index (χ3v) is 7.84. The summed E-state index contributed by atoms with van der Waals surface area (Å²) in [4.78, 5) is 18.8. The number of halogens is 2. The number of hydrogen-bond donors (Lipinski definition) is 0. The van der Waals surface area contributed by atoms with E-state index in [2.05, 4.69) is 34.9 Å². The van der Waals surface area contributed by atoms with Crippen LogP contribution in [-0.4, -0.2) is 29.6 Å². The van der Waals surface area contributed by atoms with Gasteiger partial charge in [-0.1, -0.05) is 38.1 Å². The molecule has 0 unspecified atom stereocenters. The highest BCUT2D eigenvalue weighted by Gasteiger charge is 2.19. The summed E-state index contributed by atoms with van der Waals surface area (Å²) in [6.45, 7) is 8.59. The van der Waals surface area contributed by atoms with E-state index in [4.69, 9.17) is 19.2 Å². The van der Waals surface area contributed by atoms with Gasteiger partial charge in [0.15, 0.2) is 17.3 Å². The van der Waals surface area contributed by atoms with Crippen molar-refractivity contribution in [3.05, 3.63) is 116 Å². The monoisotopic (exact) mass is 657 g/mol. The van der Waals surface area contributed by atoms with Crippen molar-refractivity contribution in [3.63, 3.8) is 0 Å². The van der Waals surface area contributed by atoms with E-state index < -0.39 is 0 Å². The molecule has 0 radical (unpaired) electrons. The van der Waals surface area contributed by atoms with Crippen LogP contribution in [0.5, 0.6) is 17.2 Å². The predicted octanol–water partition coefficient (Wildman–Crippen LogP) is 8.27. The fourth-order valence-corrected chi connectivity index (χ4v) is 5.34. The highest BCUT2D eigenvalue weighted by atomic mass is 79.9. The lowest BCUT2D eigenvalue weighted by atomic mass is 9.96. The molecule has 9 heteroatoms. The van der Waals surface area contributed by atoms with Gasteiger partial charge in [-0.05, 0) is 101 Å². The summed E-state index contributed by atoms with van der Waals surface area (Å²) in [5.74, 6) is 2.04. The lowest BCUT2D eigenvalue weighted by Crippen LogP contribution is -2.21. The molecule has 0 amide bonds. The first-order valence-corrected chi connectivity index (χ1v) is 15.1. The second-order valence-corrected chi connectivity index (χ2v) is 11.4. The fourth-order valence-electron chi connectivity index (χ4n) is 4.91. The quantitative estimate of drug-likeness (QED) is 0.141. The number of nitrogens with zero attached hydrogens (tertiary/aromatic N) is 3. The molecule has 0 saturated heterocycles. The Morgan fingerprint density at radius 3 is 2.50 bits per heavy atom. The van der Waals surface area contributed by atoms with Crippen LogP contribution in [0.1, 0.15) is 48.9 Å². The van der Waals surface area contributed by atoms with E-state index in [-0.39, 0.29) is 23.9 Å². The number of aryl methyl sites for hydroxylation is 1. The lowest BCUT2D eigenvalue weighted by molar-refractivity contribution is 0.269. The molecule has 0 aliphatic heterocycles. The Hall–Kier alpha value is -4.50. The molecule has 0 bridgehead atoms. The van der Waals surface area contributed by atoms with Crippen molar-refractivity contribution in [2.75, 3.05) is 13.7 Å². The van der Waals surface area contributed by atoms with Gasteiger partial charge in [0.1, 0.15) is 18.2 Å². The Bertz CT molecular complexity index is 1920. The van der Waals surface area contributed by atoms with Crippen molar-refractivity contribution in [2.45, 2.75) is 40.2 Å². The Morgan fingerprint density at radius 2 is 1.77 bits per heavy atom. The molecule has 4 aromatic carbocycles. The second-order valence-electron chi connectivity index (χ2n) is 10.5. The fraction of sp³-hybridized carbons (Fsp3) is 0.229. The van der Waals surface area contributed by atoms with Gasteiger partial charge in [0.25, 0.3) is 5.56 Å². The lowest BCUT2D eigenvalue weighted by Gasteiger charge is -2.17. The molecule has 226 valence electrons. The molecule has 44 heavy (non-hydrogen) atoms. The molecule has 0 N–H and O–H groups in total. The zero-order valence-electron chi connectivity index (χ0n) is 25.2. The van der Waals surface area contributed by atoms with E-state index in [0.717, 1.165) is 22.4 Å². The van der Waals surface area contributed by atoms with Gasteiger partial charge in [-0.15, -0.1) is 0 Å². The van der Waals surface area contributed by atoms with Crippen LogP contribution in [0, 0.1) is 12.7 Å². The third kappa shape index (κ3) is 6.53. The average Bonchev–Trinajstić information content (AvgIpc) is 3.00. The van der Waals surface area contributed by atoms with E-state index in [1.807, 2.05) is 44.2 Å². The van der Waals surface area contributed by atoms with Gasteiger partial charge in [0.2, 0.25) is 0 Å². The van der Waals surface area contributed by atoms with Crippen LogP contribution < -0.4 is 19.8 Å². The molecule has 0 spiro atoms. The molecular weight excluding hydrogens is 625 g/mol. The molecule has 0 aliphatic carbocycles. The van der Waals surface area contributed by atoms with E-state index in [1.54, 1.807) is 43.7 Å². The van der Waals surface area contributed by atoms with Crippen LogP contribution in [0.25, 0.3) is 22.3 Å². The van der Waals surface area contributed by atoms with Crippen LogP contribution in [0.15, 0.2) is 87.2 Å². The molecule has 0 aliphatic rings. The van der Waals surface area contributed by atoms with Crippen molar-refractivity contribution < 1.29 is 18.6 Å². The van der Waals surface area contributed by atoms with E-state index in [1.165, 1.54) is 16.8 Å². The Morgan fingerprint density at radius 1 is 1.00 bits per heavy atom. The van der Waals surface area contributed by atoms with Crippen molar-refractivity contribution in [2.24, 2.45) is 5.10 Å². The van der Waals surface area contributed by atoms with Gasteiger partial charge >= 0.3 is 0 Å². The number of hydrogen-bond acceptors (Lipinski definition) is 6. The predicted molar refractivity (Wildman–Crippen MR) is 176 cm³/mol. The largest absolute Gasteiger partial charge is 0.496 e. The summed E-state index contributed by atoms with van der Waals surface area (Å²) in [6, 6.07) is 21.0. The summed E-state index contributed by atoms with van der Waals surface area (Å²) in [7, 11) is 1.65. The minimum absolute atomic E-state index is 0.165. The summed E-state index contributed by atoms with van der Waals surface area (Å²) >= 11 is 3.61. The summed E-state index contributed by atoms with van der Waals surface area (Å²) in [6.07, 6.45) is 1.59. The van der Waals surface area contributed by atoms with Crippen LogP contribution in [0.3, 0.4) is 0 Å². The molecule has 5 rings (SSSR count). The van der Waals surface area contributed by atoms with Crippen LogP contribution in [0.2, 0.25) is 0 Å². The van der Waals surface area contributed by atoms with Crippen molar-refractivity contribution in [1.82, 2.24) is 9.66 Å². The van der Waals surface area contributed by atoms with Crippen LogP contribution in [0.4, 0.5) is 4.39 Å². The average molecular weight is 659 g/mol. The minimum atomic E-state index is -0.327.